The van der Waals surface area contributed by atoms with Crippen molar-refractivity contribution in [2.75, 3.05) is 5.32 Å². The number of rotatable bonds is 3. The van der Waals surface area contributed by atoms with Crippen molar-refractivity contribution in [3.05, 3.63) is 29.8 Å². The Bertz CT molecular complexity index is 309. The van der Waals surface area contributed by atoms with Gasteiger partial charge in [0.2, 0.25) is 0 Å². The molecule has 61 valence electrons. The standard InChI is InChI=1S/C8H6NO3/c10-5-9-7-3-1-2-6(4-7)8(11)12/h1-4H,(H,9,10)(H,11,12). The van der Waals surface area contributed by atoms with Gasteiger partial charge >= 0.3 is 12.4 Å². The second-order valence-electron chi connectivity index (χ2n) is 2.11. The molecule has 4 nitrogen and oxygen atoms in total. The van der Waals surface area contributed by atoms with E-state index in [1.165, 1.54) is 18.5 Å². The molecular formula is C8H6NO3. The van der Waals surface area contributed by atoms with Crippen molar-refractivity contribution in [1.82, 2.24) is 0 Å². The summed E-state index contributed by atoms with van der Waals surface area (Å²) in [5, 5.41) is 10.8. The van der Waals surface area contributed by atoms with E-state index in [0.29, 0.717) is 5.69 Å². The van der Waals surface area contributed by atoms with Crippen LogP contribution in [0.1, 0.15) is 10.4 Å². The molecule has 2 N–H and O–H groups in total. The lowest BCUT2D eigenvalue weighted by Crippen LogP contribution is -1.98. The minimum atomic E-state index is -1.02. The van der Waals surface area contributed by atoms with Gasteiger partial charge in [0.25, 0.3) is 0 Å². The Morgan fingerprint density at radius 3 is 2.83 bits per heavy atom. The molecule has 0 fully saturated rings. The minimum Gasteiger partial charge on any atom is -0.478 e. The normalized spacial score (nSPS) is 9.00. The number of anilines is 1. The van der Waals surface area contributed by atoms with Gasteiger partial charge in [-0.25, -0.2) is 4.79 Å². The molecule has 0 bridgehead atoms. The quantitative estimate of drug-likeness (QED) is 0.651. The van der Waals surface area contributed by atoms with Crippen molar-refractivity contribution in [3.8, 4) is 0 Å². The highest BCUT2D eigenvalue weighted by atomic mass is 16.4. The van der Waals surface area contributed by atoms with Crippen LogP contribution in [0.2, 0.25) is 0 Å². The van der Waals surface area contributed by atoms with E-state index in [9.17, 15) is 9.59 Å². The molecule has 0 heterocycles. The van der Waals surface area contributed by atoms with Gasteiger partial charge in [0.05, 0.1) is 5.56 Å². The molecule has 0 aromatic heterocycles. The van der Waals surface area contributed by atoms with Crippen LogP contribution in [0.5, 0.6) is 0 Å². The molecule has 1 radical (unpaired) electrons. The monoisotopic (exact) mass is 164 g/mol. The van der Waals surface area contributed by atoms with Crippen molar-refractivity contribution in [3.63, 3.8) is 0 Å². The summed E-state index contributed by atoms with van der Waals surface area (Å²) in [5.74, 6) is -1.02. The fourth-order valence-electron chi connectivity index (χ4n) is 0.789. The predicted molar refractivity (Wildman–Crippen MR) is 42.7 cm³/mol. The van der Waals surface area contributed by atoms with Crippen LogP contribution in [0.15, 0.2) is 24.3 Å². The zero-order chi connectivity index (χ0) is 8.97. The topological polar surface area (TPSA) is 66.4 Å². The molecular weight excluding hydrogens is 158 g/mol. The Morgan fingerprint density at radius 2 is 2.25 bits per heavy atom. The number of hydrogen-bond donors (Lipinski definition) is 2. The number of carbonyl (C=O) groups excluding carboxylic acids is 1. The van der Waals surface area contributed by atoms with Gasteiger partial charge in [0.1, 0.15) is 0 Å². The number of carboxylic acid groups (broad SMARTS) is 1. The first kappa shape index (κ1) is 8.26. The molecule has 1 rings (SSSR count). The minimum absolute atomic E-state index is 0.134. The molecule has 1 aromatic carbocycles. The van der Waals surface area contributed by atoms with Gasteiger partial charge in [0.15, 0.2) is 0 Å². The van der Waals surface area contributed by atoms with Gasteiger partial charge in [-0.3, -0.25) is 4.79 Å². The smallest absolute Gasteiger partial charge is 0.335 e. The summed E-state index contributed by atoms with van der Waals surface area (Å²) >= 11 is 0. The highest BCUT2D eigenvalue weighted by Crippen LogP contribution is 2.09. The van der Waals surface area contributed by atoms with Crippen molar-refractivity contribution in [2.45, 2.75) is 0 Å². The Hall–Kier alpha value is -1.84. The van der Waals surface area contributed by atoms with Gasteiger partial charge in [-0.1, -0.05) is 6.07 Å². The maximum absolute atomic E-state index is 10.4. The average molecular weight is 164 g/mol. The Kier molecular flexibility index (Phi) is 2.42. The maximum Gasteiger partial charge on any atom is 0.335 e. The molecule has 4 heteroatoms. The number of nitrogens with one attached hydrogen (secondary N) is 1. The van der Waals surface area contributed by atoms with E-state index >= 15 is 0 Å². The lowest BCUT2D eigenvalue weighted by atomic mass is 10.2. The number of amides is 1. The molecule has 0 aliphatic rings. The van der Waals surface area contributed by atoms with Crippen LogP contribution in [-0.4, -0.2) is 17.5 Å². The molecule has 0 saturated carbocycles. The first-order valence-electron chi connectivity index (χ1n) is 3.20. The molecule has 0 aliphatic carbocycles. The molecule has 12 heavy (non-hydrogen) atoms. The first-order valence-corrected chi connectivity index (χ1v) is 3.20. The molecule has 1 aromatic rings. The summed E-state index contributed by atoms with van der Waals surface area (Å²) in [6.45, 7) is 0. The van der Waals surface area contributed by atoms with Crippen molar-refractivity contribution >= 4 is 18.1 Å². The summed E-state index contributed by atoms with van der Waals surface area (Å²) in [5.41, 5.74) is 0.556. The second-order valence-corrected chi connectivity index (χ2v) is 2.11. The van der Waals surface area contributed by atoms with Gasteiger partial charge in [-0.05, 0) is 18.2 Å². The summed E-state index contributed by atoms with van der Waals surface area (Å²) < 4.78 is 0. The van der Waals surface area contributed by atoms with Crippen LogP contribution in [-0.2, 0) is 4.79 Å². The average Bonchev–Trinajstić information content (AvgIpc) is 2.05. The van der Waals surface area contributed by atoms with Crippen LogP contribution >= 0.6 is 0 Å². The number of benzene rings is 1. The van der Waals surface area contributed by atoms with Crippen LogP contribution in [0.3, 0.4) is 0 Å². The van der Waals surface area contributed by atoms with Crippen molar-refractivity contribution in [2.24, 2.45) is 0 Å². The van der Waals surface area contributed by atoms with E-state index in [-0.39, 0.29) is 5.56 Å². The van der Waals surface area contributed by atoms with Gasteiger partial charge in [0, 0.05) is 5.69 Å². The summed E-state index contributed by atoms with van der Waals surface area (Å²) in [7, 11) is 0. The van der Waals surface area contributed by atoms with Gasteiger partial charge in [-0.2, -0.15) is 0 Å². The van der Waals surface area contributed by atoms with Gasteiger partial charge in [-0.15, -0.1) is 0 Å². The number of aromatic carboxylic acids is 1. The largest absolute Gasteiger partial charge is 0.478 e. The van der Waals surface area contributed by atoms with Crippen LogP contribution < -0.4 is 5.32 Å². The molecule has 0 atom stereocenters. The molecule has 0 unspecified atom stereocenters. The first-order chi connectivity index (χ1) is 5.74. The van der Waals surface area contributed by atoms with Crippen LogP contribution in [0.25, 0.3) is 0 Å². The van der Waals surface area contributed by atoms with E-state index in [0.717, 1.165) is 0 Å². The van der Waals surface area contributed by atoms with E-state index < -0.39 is 5.97 Å². The Morgan fingerprint density at radius 1 is 1.50 bits per heavy atom. The van der Waals surface area contributed by atoms with Crippen molar-refractivity contribution in [1.29, 1.82) is 0 Å². The van der Waals surface area contributed by atoms with Gasteiger partial charge < -0.3 is 10.4 Å². The number of hydrogen-bond acceptors (Lipinski definition) is 2. The van der Waals surface area contributed by atoms with E-state index in [4.69, 9.17) is 5.11 Å². The zero-order valence-corrected chi connectivity index (χ0v) is 6.07. The SMILES string of the molecule is O=[C]Nc1cccc(C(=O)O)c1. The molecule has 1 amide bonds. The second kappa shape index (κ2) is 3.52. The maximum atomic E-state index is 10.4. The molecule has 0 spiro atoms. The highest BCUT2D eigenvalue weighted by Gasteiger charge is 2.01. The number of carboxylic acids is 1. The summed E-state index contributed by atoms with van der Waals surface area (Å²) in [6.07, 6.45) is 1.46. The zero-order valence-electron chi connectivity index (χ0n) is 6.07. The third-order valence-electron chi connectivity index (χ3n) is 1.30. The predicted octanol–water partition coefficient (Wildman–Crippen LogP) is 0.864. The third-order valence-corrected chi connectivity index (χ3v) is 1.30. The molecule has 0 saturated heterocycles. The van der Waals surface area contributed by atoms with Crippen LogP contribution in [0.4, 0.5) is 5.69 Å². The lowest BCUT2D eigenvalue weighted by molar-refractivity contribution is 0.0697. The Balaban J connectivity index is 2.95. The Labute approximate surface area is 68.8 Å². The van der Waals surface area contributed by atoms with E-state index in [1.807, 2.05) is 0 Å². The summed E-state index contributed by atoms with van der Waals surface area (Å²) in [4.78, 5) is 20.3. The fraction of sp³-hybridized carbons (Fsp3) is 0. The lowest BCUT2D eigenvalue weighted by Gasteiger charge is -1.98. The molecule has 0 aliphatic heterocycles. The van der Waals surface area contributed by atoms with E-state index in [2.05, 4.69) is 5.32 Å². The van der Waals surface area contributed by atoms with Crippen LogP contribution in [0, 0.1) is 0 Å². The third kappa shape index (κ3) is 1.82. The number of carbonyl (C=O) groups is 1. The fourth-order valence-corrected chi connectivity index (χ4v) is 0.789. The van der Waals surface area contributed by atoms with Crippen molar-refractivity contribution < 1.29 is 14.7 Å². The summed E-state index contributed by atoms with van der Waals surface area (Å²) in [6, 6.07) is 5.92. The highest BCUT2D eigenvalue weighted by molar-refractivity contribution is 5.89. The van der Waals surface area contributed by atoms with E-state index in [1.54, 1.807) is 12.1 Å².